The lowest BCUT2D eigenvalue weighted by Crippen LogP contribution is -2.03. The predicted molar refractivity (Wildman–Crippen MR) is 114 cm³/mol. The molecule has 0 atom stereocenters. The van der Waals surface area contributed by atoms with Crippen LogP contribution in [-0.2, 0) is 10.1 Å². The van der Waals surface area contributed by atoms with Gasteiger partial charge in [0.15, 0.2) is 0 Å². The summed E-state index contributed by atoms with van der Waals surface area (Å²) in [4.78, 5) is 0. The summed E-state index contributed by atoms with van der Waals surface area (Å²) in [6.45, 7) is 2.27. The van der Waals surface area contributed by atoms with Crippen molar-refractivity contribution in [2.24, 2.45) is 0 Å². The quantitative estimate of drug-likeness (QED) is 0.168. The largest absolute Gasteiger partial charge is 0.316 e. The normalized spacial score (nSPS) is 11.4. The summed E-state index contributed by atoms with van der Waals surface area (Å²) in [7, 11) is -3.75. The Morgan fingerprint density at radius 2 is 0.760 bits per heavy atom. The zero-order valence-corrected chi connectivity index (χ0v) is 16.9. The van der Waals surface area contributed by atoms with Gasteiger partial charge in [0.25, 0.3) is 10.1 Å². The van der Waals surface area contributed by atoms with Crippen molar-refractivity contribution in [1.29, 1.82) is 0 Å². The zero-order valence-electron chi connectivity index (χ0n) is 16.1. The van der Waals surface area contributed by atoms with Crippen molar-refractivity contribution in [2.45, 2.75) is 122 Å². The maximum absolute atomic E-state index is 10.6. The standard InChI is InChI=1S/C20H42O3S.Mg.2H/c1-2-3-4-5-6-7-8-9-10-11-12-13-14-15-16-17-18-19-20-24(21,22)23;;;/h2-20H2,1H3,(H,21,22,23);;;. The van der Waals surface area contributed by atoms with Gasteiger partial charge in [-0.2, -0.15) is 8.42 Å². The molecular weight excluding hydrogens is 345 g/mol. The molecule has 0 aromatic rings. The highest BCUT2D eigenvalue weighted by Crippen LogP contribution is 2.14. The second-order valence-electron chi connectivity index (χ2n) is 7.30. The minimum absolute atomic E-state index is 0. The third-order valence-electron chi connectivity index (χ3n) is 4.76. The smallest absolute Gasteiger partial charge is 0.286 e. The van der Waals surface area contributed by atoms with E-state index in [-0.39, 0.29) is 28.8 Å². The first-order valence-corrected chi connectivity index (χ1v) is 12.1. The summed E-state index contributed by atoms with van der Waals surface area (Å²) in [5.74, 6) is -0.0776. The van der Waals surface area contributed by atoms with Gasteiger partial charge in [0.05, 0.1) is 5.75 Å². The van der Waals surface area contributed by atoms with Crippen LogP contribution in [-0.4, -0.2) is 41.8 Å². The van der Waals surface area contributed by atoms with Gasteiger partial charge in [-0.15, -0.1) is 0 Å². The first-order chi connectivity index (χ1) is 11.6. The van der Waals surface area contributed by atoms with Crippen LogP contribution in [0.2, 0.25) is 0 Å². The van der Waals surface area contributed by atoms with Gasteiger partial charge in [-0.3, -0.25) is 4.55 Å². The van der Waals surface area contributed by atoms with Crippen LogP contribution in [0, 0.1) is 0 Å². The van der Waals surface area contributed by atoms with Gasteiger partial charge in [0.1, 0.15) is 0 Å². The fourth-order valence-electron chi connectivity index (χ4n) is 3.19. The van der Waals surface area contributed by atoms with E-state index in [2.05, 4.69) is 6.92 Å². The van der Waals surface area contributed by atoms with Crippen molar-refractivity contribution in [3.63, 3.8) is 0 Å². The summed E-state index contributed by atoms with van der Waals surface area (Å²) < 4.78 is 29.7. The van der Waals surface area contributed by atoms with E-state index in [0.717, 1.165) is 12.8 Å². The van der Waals surface area contributed by atoms with E-state index in [0.29, 0.717) is 6.42 Å². The first-order valence-electron chi connectivity index (χ1n) is 10.5. The average Bonchev–Trinajstić information content (AvgIpc) is 2.52. The van der Waals surface area contributed by atoms with Crippen molar-refractivity contribution in [1.82, 2.24) is 0 Å². The summed E-state index contributed by atoms with van der Waals surface area (Å²) in [5, 5.41) is 0. The molecule has 0 unspecified atom stereocenters. The van der Waals surface area contributed by atoms with Crippen molar-refractivity contribution < 1.29 is 13.0 Å². The zero-order chi connectivity index (χ0) is 17.9. The van der Waals surface area contributed by atoms with Gasteiger partial charge in [0, 0.05) is 0 Å². The minimum Gasteiger partial charge on any atom is -0.286 e. The SMILES string of the molecule is CCCCCCCCCCCCCCCCCCCCS(=O)(=O)O.[MgH2]. The Bertz CT molecular complexity index is 345. The Kier molecular flexibility index (Phi) is 23.4. The molecule has 0 spiro atoms. The van der Waals surface area contributed by atoms with E-state index in [9.17, 15) is 8.42 Å². The molecule has 0 aliphatic rings. The maximum Gasteiger partial charge on any atom is 0.316 e. The molecule has 1 N–H and O–H groups in total. The van der Waals surface area contributed by atoms with Gasteiger partial charge in [-0.05, 0) is 6.42 Å². The summed E-state index contributed by atoms with van der Waals surface area (Å²) in [5.41, 5.74) is 0. The molecule has 150 valence electrons. The predicted octanol–water partition coefficient (Wildman–Crippen LogP) is 6.00. The highest BCUT2D eigenvalue weighted by atomic mass is 32.2. The lowest BCUT2D eigenvalue weighted by molar-refractivity contribution is 0.478. The molecule has 0 rings (SSSR count). The Morgan fingerprint density at radius 3 is 1.00 bits per heavy atom. The molecule has 0 amide bonds. The summed E-state index contributed by atoms with van der Waals surface area (Å²) in [6.07, 6.45) is 23.2. The number of rotatable bonds is 19. The number of hydrogen-bond donors (Lipinski definition) is 1. The lowest BCUT2D eigenvalue weighted by atomic mass is 10.0. The second kappa shape index (κ2) is 21.0. The van der Waals surface area contributed by atoms with Crippen LogP contribution in [0.1, 0.15) is 122 Å². The van der Waals surface area contributed by atoms with Crippen LogP contribution in [0.4, 0.5) is 0 Å². The van der Waals surface area contributed by atoms with E-state index in [1.54, 1.807) is 0 Å². The molecule has 0 aliphatic carbocycles. The summed E-state index contributed by atoms with van der Waals surface area (Å²) in [6, 6.07) is 0. The fraction of sp³-hybridized carbons (Fsp3) is 1.00. The van der Waals surface area contributed by atoms with Gasteiger partial charge in [-0.1, -0.05) is 116 Å². The molecule has 0 aliphatic heterocycles. The van der Waals surface area contributed by atoms with Crippen molar-refractivity contribution in [2.75, 3.05) is 5.75 Å². The van der Waals surface area contributed by atoms with Crippen LogP contribution in [0.25, 0.3) is 0 Å². The van der Waals surface area contributed by atoms with E-state index < -0.39 is 10.1 Å². The van der Waals surface area contributed by atoms with Crippen LogP contribution < -0.4 is 0 Å². The lowest BCUT2D eigenvalue weighted by Gasteiger charge is -2.03. The fourth-order valence-corrected chi connectivity index (χ4v) is 3.76. The molecule has 25 heavy (non-hydrogen) atoms. The Labute approximate surface area is 174 Å². The molecule has 0 saturated carbocycles. The van der Waals surface area contributed by atoms with Crippen molar-refractivity contribution >= 4 is 33.2 Å². The van der Waals surface area contributed by atoms with Gasteiger partial charge >= 0.3 is 23.1 Å². The summed E-state index contributed by atoms with van der Waals surface area (Å²) >= 11 is 0. The molecule has 3 nitrogen and oxygen atoms in total. The molecule has 0 saturated heterocycles. The minimum atomic E-state index is -3.75. The molecule has 0 bridgehead atoms. The van der Waals surface area contributed by atoms with Crippen LogP contribution >= 0.6 is 0 Å². The maximum atomic E-state index is 10.6. The molecule has 0 heterocycles. The van der Waals surface area contributed by atoms with Crippen LogP contribution in [0.3, 0.4) is 0 Å². The van der Waals surface area contributed by atoms with E-state index >= 15 is 0 Å². The molecule has 5 heteroatoms. The van der Waals surface area contributed by atoms with E-state index in [1.165, 1.54) is 96.3 Å². The topological polar surface area (TPSA) is 54.4 Å². The average molecular weight is 389 g/mol. The molecule has 0 fully saturated rings. The van der Waals surface area contributed by atoms with Gasteiger partial charge in [-0.25, -0.2) is 0 Å². The highest BCUT2D eigenvalue weighted by Gasteiger charge is 2.02. The molecule has 0 aromatic carbocycles. The Hall–Kier alpha value is 0.676. The van der Waals surface area contributed by atoms with E-state index in [1.807, 2.05) is 0 Å². The van der Waals surface area contributed by atoms with Crippen LogP contribution in [0.5, 0.6) is 0 Å². The van der Waals surface area contributed by atoms with Gasteiger partial charge in [0.2, 0.25) is 0 Å². The van der Waals surface area contributed by atoms with Crippen molar-refractivity contribution in [3.8, 4) is 0 Å². The molecule has 0 aromatic heterocycles. The Balaban J connectivity index is 0. The first kappa shape index (κ1) is 27.9. The number of unbranched alkanes of at least 4 members (excludes halogenated alkanes) is 17. The Morgan fingerprint density at radius 1 is 0.520 bits per heavy atom. The number of hydrogen-bond acceptors (Lipinski definition) is 2. The van der Waals surface area contributed by atoms with E-state index in [4.69, 9.17) is 4.55 Å². The second-order valence-corrected chi connectivity index (χ2v) is 8.87. The molecular formula is C20H44MgO3S. The monoisotopic (exact) mass is 388 g/mol. The third kappa shape index (κ3) is 27.0. The van der Waals surface area contributed by atoms with Crippen LogP contribution in [0.15, 0.2) is 0 Å². The third-order valence-corrected chi connectivity index (χ3v) is 5.56. The van der Waals surface area contributed by atoms with Crippen molar-refractivity contribution in [3.05, 3.63) is 0 Å². The molecule has 0 radical (unpaired) electrons. The van der Waals surface area contributed by atoms with Gasteiger partial charge < -0.3 is 0 Å². The highest BCUT2D eigenvalue weighted by molar-refractivity contribution is 7.85.